The van der Waals surface area contributed by atoms with E-state index in [-0.39, 0.29) is 28.8 Å². The molecule has 0 spiro atoms. The minimum Gasteiger partial charge on any atom is -0.335 e. The van der Waals surface area contributed by atoms with Gasteiger partial charge in [-0.25, -0.2) is 9.18 Å². The number of H-pyrrole nitrogens is 1. The number of piperidine rings is 1. The number of hydrogen-bond donors (Lipinski definition) is 2. The SMILES string of the molecule is O=C(c1ccc(F)cc1)C1CC[NH+](CCCCn2c(=O)[nH]c3ccccc3c2=O)CC1. The zero-order valence-electron chi connectivity index (χ0n) is 17.4. The Morgan fingerprint density at radius 1 is 1.03 bits per heavy atom. The number of hydrogen-bond acceptors (Lipinski definition) is 3. The maximum Gasteiger partial charge on any atom is 0.328 e. The number of Topliss-reactive ketones (excluding diaryl/α,β-unsaturated/α-hetero) is 1. The lowest BCUT2D eigenvalue weighted by Crippen LogP contribution is -3.13. The molecule has 0 aliphatic carbocycles. The van der Waals surface area contributed by atoms with E-state index in [1.165, 1.54) is 21.6 Å². The summed E-state index contributed by atoms with van der Waals surface area (Å²) in [6.45, 7) is 3.21. The molecular weight excluding hydrogens is 397 g/mol. The number of halogens is 1. The third-order valence-electron chi connectivity index (χ3n) is 6.24. The van der Waals surface area contributed by atoms with Crippen molar-refractivity contribution >= 4 is 16.7 Å². The van der Waals surface area contributed by atoms with Crippen LogP contribution in [0, 0.1) is 11.7 Å². The van der Waals surface area contributed by atoms with E-state index in [0.29, 0.717) is 23.0 Å². The highest BCUT2D eigenvalue weighted by Gasteiger charge is 2.27. The number of aromatic nitrogens is 2. The monoisotopic (exact) mass is 424 g/mol. The lowest BCUT2D eigenvalue weighted by atomic mass is 9.89. The summed E-state index contributed by atoms with van der Waals surface area (Å²) in [7, 11) is 0. The van der Waals surface area contributed by atoms with Gasteiger partial charge in [-0.15, -0.1) is 0 Å². The van der Waals surface area contributed by atoms with Crippen molar-refractivity contribution in [3.63, 3.8) is 0 Å². The summed E-state index contributed by atoms with van der Waals surface area (Å²) in [5.74, 6) is -0.221. The van der Waals surface area contributed by atoms with Gasteiger partial charge in [-0.3, -0.25) is 14.2 Å². The molecule has 2 heterocycles. The minimum absolute atomic E-state index is 0.00365. The van der Waals surface area contributed by atoms with E-state index in [2.05, 4.69) is 4.98 Å². The van der Waals surface area contributed by atoms with Gasteiger partial charge in [-0.05, 0) is 49.2 Å². The molecule has 0 bridgehead atoms. The Kier molecular flexibility index (Phi) is 6.42. The first-order chi connectivity index (χ1) is 15.0. The summed E-state index contributed by atoms with van der Waals surface area (Å²) < 4.78 is 14.3. The standard InChI is InChI=1S/C24H26FN3O3/c25-19-9-7-17(8-10-19)22(29)18-11-15-27(16-12-18)13-3-4-14-28-23(30)20-5-1-2-6-21(20)26-24(28)31/h1-2,5-10,18H,3-4,11-16H2,(H,26,31)/p+1. The summed E-state index contributed by atoms with van der Waals surface area (Å²) in [6, 6.07) is 12.8. The van der Waals surface area contributed by atoms with Crippen LogP contribution in [-0.4, -0.2) is 35.0 Å². The molecule has 6 nitrogen and oxygen atoms in total. The fourth-order valence-corrected chi connectivity index (χ4v) is 4.44. The van der Waals surface area contributed by atoms with Gasteiger partial charge < -0.3 is 9.88 Å². The van der Waals surface area contributed by atoms with Gasteiger partial charge in [0.15, 0.2) is 5.78 Å². The van der Waals surface area contributed by atoms with E-state index >= 15 is 0 Å². The molecule has 7 heteroatoms. The fraction of sp³-hybridized carbons (Fsp3) is 0.375. The van der Waals surface area contributed by atoms with E-state index in [9.17, 15) is 18.8 Å². The summed E-state index contributed by atoms with van der Waals surface area (Å²) in [5, 5.41) is 0.528. The summed E-state index contributed by atoms with van der Waals surface area (Å²) in [5.41, 5.74) is 0.542. The Bertz CT molecular complexity index is 1180. The molecular formula is C24H27FN3O3+. The Morgan fingerprint density at radius 2 is 1.74 bits per heavy atom. The Hall–Kier alpha value is -3.06. The van der Waals surface area contributed by atoms with Crippen molar-refractivity contribution in [3.8, 4) is 0 Å². The largest absolute Gasteiger partial charge is 0.335 e. The van der Waals surface area contributed by atoms with Crippen LogP contribution in [0.25, 0.3) is 10.9 Å². The number of nitrogens with one attached hydrogen (secondary N) is 2. The maximum absolute atomic E-state index is 13.1. The highest BCUT2D eigenvalue weighted by atomic mass is 19.1. The Labute approximate surface area is 179 Å². The molecule has 0 saturated carbocycles. The van der Waals surface area contributed by atoms with Crippen LogP contribution in [0.4, 0.5) is 4.39 Å². The van der Waals surface area contributed by atoms with Crippen molar-refractivity contribution in [3.05, 3.63) is 80.7 Å². The van der Waals surface area contributed by atoms with Crippen LogP contribution in [0.1, 0.15) is 36.0 Å². The van der Waals surface area contributed by atoms with E-state index in [0.717, 1.165) is 45.3 Å². The predicted molar refractivity (Wildman–Crippen MR) is 117 cm³/mol. The number of carbonyl (C=O) groups is 1. The molecule has 0 radical (unpaired) electrons. The number of nitrogens with zero attached hydrogens (tertiary/aromatic N) is 1. The molecule has 31 heavy (non-hydrogen) atoms. The molecule has 0 atom stereocenters. The Morgan fingerprint density at radius 3 is 2.48 bits per heavy atom. The fourth-order valence-electron chi connectivity index (χ4n) is 4.44. The second-order valence-electron chi connectivity index (χ2n) is 8.29. The lowest BCUT2D eigenvalue weighted by Gasteiger charge is -2.28. The maximum atomic E-state index is 13.1. The zero-order chi connectivity index (χ0) is 21.8. The number of para-hydroxylation sites is 1. The van der Waals surface area contributed by atoms with Crippen molar-refractivity contribution in [2.45, 2.75) is 32.2 Å². The molecule has 1 saturated heterocycles. The average Bonchev–Trinajstić information content (AvgIpc) is 2.79. The van der Waals surface area contributed by atoms with Crippen molar-refractivity contribution in [2.24, 2.45) is 5.92 Å². The first-order valence-corrected chi connectivity index (χ1v) is 10.9. The number of aromatic amines is 1. The van der Waals surface area contributed by atoms with Crippen molar-refractivity contribution in [2.75, 3.05) is 19.6 Å². The topological polar surface area (TPSA) is 76.4 Å². The van der Waals surface area contributed by atoms with Crippen LogP contribution < -0.4 is 16.1 Å². The molecule has 162 valence electrons. The van der Waals surface area contributed by atoms with Gasteiger partial charge in [-0.2, -0.15) is 0 Å². The van der Waals surface area contributed by atoms with Gasteiger partial charge >= 0.3 is 5.69 Å². The molecule has 3 aromatic rings. The molecule has 2 N–H and O–H groups in total. The number of likely N-dealkylation sites (tertiary alicyclic amines) is 1. The van der Waals surface area contributed by atoms with Crippen molar-refractivity contribution in [1.29, 1.82) is 0 Å². The molecule has 1 aliphatic rings. The highest BCUT2D eigenvalue weighted by Crippen LogP contribution is 2.17. The third kappa shape index (κ3) is 4.82. The van der Waals surface area contributed by atoms with Crippen LogP contribution >= 0.6 is 0 Å². The number of ketones is 1. The summed E-state index contributed by atoms with van der Waals surface area (Å²) >= 11 is 0. The second kappa shape index (κ2) is 9.39. The van der Waals surface area contributed by atoms with Gasteiger partial charge in [0.1, 0.15) is 5.82 Å². The van der Waals surface area contributed by atoms with Crippen molar-refractivity contribution in [1.82, 2.24) is 9.55 Å². The number of quaternary nitrogens is 1. The minimum atomic E-state index is -0.365. The molecule has 0 unspecified atom stereocenters. The van der Waals surface area contributed by atoms with Crippen molar-refractivity contribution < 1.29 is 14.1 Å². The molecule has 0 amide bonds. The van der Waals surface area contributed by atoms with Gasteiger partial charge in [0.2, 0.25) is 0 Å². The van der Waals surface area contributed by atoms with E-state index in [1.54, 1.807) is 36.4 Å². The smallest absolute Gasteiger partial charge is 0.328 e. The molecule has 1 aliphatic heterocycles. The quantitative estimate of drug-likeness (QED) is 0.449. The molecule has 4 rings (SSSR count). The van der Waals surface area contributed by atoms with E-state index in [1.807, 2.05) is 0 Å². The number of fused-ring (bicyclic) bond motifs is 1. The number of unbranched alkanes of at least 4 members (excludes halogenated alkanes) is 1. The first kappa shape index (κ1) is 21.2. The zero-order valence-corrected chi connectivity index (χ0v) is 17.4. The number of benzene rings is 2. The molecule has 1 fully saturated rings. The summed E-state index contributed by atoms with van der Waals surface area (Å²) in [4.78, 5) is 41.6. The average molecular weight is 424 g/mol. The van der Waals surface area contributed by atoms with Crippen LogP contribution in [-0.2, 0) is 6.54 Å². The first-order valence-electron chi connectivity index (χ1n) is 10.9. The van der Waals surface area contributed by atoms with Gasteiger partial charge in [0, 0.05) is 30.9 Å². The van der Waals surface area contributed by atoms with Crippen LogP contribution in [0.2, 0.25) is 0 Å². The molecule has 1 aromatic heterocycles. The van der Waals surface area contributed by atoms with E-state index < -0.39 is 0 Å². The normalized spacial score (nSPS) is 18.9. The summed E-state index contributed by atoms with van der Waals surface area (Å²) in [6.07, 6.45) is 3.32. The molecule has 2 aromatic carbocycles. The number of rotatable bonds is 7. The predicted octanol–water partition coefficient (Wildman–Crippen LogP) is 1.79. The van der Waals surface area contributed by atoms with Gasteiger partial charge in [0.25, 0.3) is 5.56 Å². The second-order valence-corrected chi connectivity index (χ2v) is 8.29. The van der Waals surface area contributed by atoms with Gasteiger partial charge in [-0.1, -0.05) is 12.1 Å². The van der Waals surface area contributed by atoms with Crippen LogP contribution in [0.5, 0.6) is 0 Å². The Balaban J connectivity index is 1.25. The van der Waals surface area contributed by atoms with Crippen LogP contribution in [0.3, 0.4) is 0 Å². The third-order valence-corrected chi connectivity index (χ3v) is 6.24. The lowest BCUT2D eigenvalue weighted by molar-refractivity contribution is -0.906. The van der Waals surface area contributed by atoms with Crippen LogP contribution in [0.15, 0.2) is 58.1 Å². The van der Waals surface area contributed by atoms with E-state index in [4.69, 9.17) is 0 Å². The van der Waals surface area contributed by atoms with Gasteiger partial charge in [0.05, 0.1) is 30.5 Å². The highest BCUT2D eigenvalue weighted by molar-refractivity contribution is 5.97. The number of carbonyl (C=O) groups excluding carboxylic acids is 1.